The second-order valence-corrected chi connectivity index (χ2v) is 9.34. The third kappa shape index (κ3) is 4.29. The van der Waals surface area contributed by atoms with Crippen LogP contribution in [0, 0.1) is 11.8 Å². The SMILES string of the molecule is CC1CCN(c2nnc(SCC(=O)N3CCC(C(N)=O)CC3)n2C2CC2)CC1. The number of aromatic nitrogens is 3. The predicted molar refractivity (Wildman–Crippen MR) is 108 cm³/mol. The Morgan fingerprint density at radius 1 is 1.04 bits per heavy atom. The fourth-order valence-electron chi connectivity index (χ4n) is 4.08. The van der Waals surface area contributed by atoms with E-state index in [1.807, 2.05) is 4.90 Å². The van der Waals surface area contributed by atoms with Crippen LogP contribution in [-0.4, -0.2) is 63.4 Å². The molecule has 2 saturated heterocycles. The van der Waals surface area contributed by atoms with Gasteiger partial charge in [-0.15, -0.1) is 10.2 Å². The average Bonchev–Trinajstić information content (AvgIpc) is 3.46. The maximum atomic E-state index is 12.6. The highest BCUT2D eigenvalue weighted by molar-refractivity contribution is 7.99. The van der Waals surface area contributed by atoms with Crippen LogP contribution in [0.4, 0.5) is 5.95 Å². The van der Waals surface area contributed by atoms with E-state index in [1.54, 1.807) is 0 Å². The molecular weight excluding hydrogens is 376 g/mol. The Morgan fingerprint density at radius 3 is 2.32 bits per heavy atom. The van der Waals surface area contributed by atoms with Crippen LogP contribution in [0.5, 0.6) is 0 Å². The molecule has 1 saturated carbocycles. The number of nitrogens with two attached hydrogens (primary N) is 1. The Bertz CT molecular complexity index is 718. The van der Waals surface area contributed by atoms with E-state index in [4.69, 9.17) is 5.73 Å². The molecular formula is C19H30N6O2S. The van der Waals surface area contributed by atoms with Gasteiger partial charge >= 0.3 is 0 Å². The lowest BCUT2D eigenvalue weighted by molar-refractivity contribution is -0.132. The second kappa shape index (κ2) is 8.31. The molecule has 2 amide bonds. The summed E-state index contributed by atoms with van der Waals surface area (Å²) in [5, 5.41) is 9.77. The lowest BCUT2D eigenvalue weighted by Crippen LogP contribution is -2.42. The summed E-state index contributed by atoms with van der Waals surface area (Å²) in [7, 11) is 0. The number of nitrogens with zero attached hydrogens (tertiary/aromatic N) is 5. The Morgan fingerprint density at radius 2 is 1.71 bits per heavy atom. The van der Waals surface area contributed by atoms with Gasteiger partial charge in [0.1, 0.15) is 0 Å². The van der Waals surface area contributed by atoms with E-state index in [0.717, 1.165) is 43.0 Å². The van der Waals surface area contributed by atoms with Crippen molar-refractivity contribution >= 4 is 29.5 Å². The fourth-order valence-corrected chi connectivity index (χ4v) is 4.98. The van der Waals surface area contributed by atoms with Gasteiger partial charge in [-0.05, 0) is 44.4 Å². The highest BCUT2D eigenvalue weighted by atomic mass is 32.2. The van der Waals surface area contributed by atoms with Gasteiger partial charge in [-0.25, -0.2) is 0 Å². The molecule has 3 fully saturated rings. The molecule has 2 N–H and O–H groups in total. The minimum absolute atomic E-state index is 0.0931. The first-order valence-electron chi connectivity index (χ1n) is 10.4. The molecule has 4 rings (SSSR count). The van der Waals surface area contributed by atoms with Crippen LogP contribution in [-0.2, 0) is 9.59 Å². The third-order valence-electron chi connectivity index (χ3n) is 6.20. The van der Waals surface area contributed by atoms with Crippen LogP contribution >= 0.6 is 11.8 Å². The number of carbonyl (C=O) groups is 2. The van der Waals surface area contributed by atoms with Gasteiger partial charge in [-0.3, -0.25) is 14.2 Å². The summed E-state index contributed by atoms with van der Waals surface area (Å²) in [6, 6.07) is 0.480. The zero-order valence-electron chi connectivity index (χ0n) is 16.5. The molecule has 0 spiro atoms. The third-order valence-corrected chi connectivity index (χ3v) is 7.13. The predicted octanol–water partition coefficient (Wildman–Crippen LogP) is 1.67. The highest BCUT2D eigenvalue weighted by Gasteiger charge is 2.33. The molecule has 1 aromatic heterocycles. The quantitative estimate of drug-likeness (QED) is 0.722. The zero-order valence-corrected chi connectivity index (χ0v) is 17.4. The summed E-state index contributed by atoms with van der Waals surface area (Å²) in [4.78, 5) is 28.1. The zero-order chi connectivity index (χ0) is 19.7. The molecule has 0 bridgehead atoms. The van der Waals surface area contributed by atoms with Crippen molar-refractivity contribution < 1.29 is 9.59 Å². The number of piperidine rings is 2. The van der Waals surface area contributed by atoms with Gasteiger partial charge in [0.05, 0.1) is 5.75 Å². The van der Waals surface area contributed by atoms with Crippen LogP contribution in [0.25, 0.3) is 0 Å². The van der Waals surface area contributed by atoms with Gasteiger partial charge in [0.15, 0.2) is 5.16 Å². The number of rotatable bonds is 6. The van der Waals surface area contributed by atoms with Crippen molar-refractivity contribution in [2.24, 2.45) is 17.6 Å². The van der Waals surface area contributed by atoms with Crippen molar-refractivity contribution in [2.75, 3.05) is 36.8 Å². The molecule has 3 heterocycles. The topological polar surface area (TPSA) is 97.4 Å². The Kier molecular flexibility index (Phi) is 5.80. The van der Waals surface area contributed by atoms with E-state index in [1.165, 1.54) is 24.6 Å². The Hall–Kier alpha value is -1.77. The molecule has 154 valence electrons. The van der Waals surface area contributed by atoms with Crippen molar-refractivity contribution in [3.05, 3.63) is 0 Å². The maximum Gasteiger partial charge on any atom is 0.233 e. The summed E-state index contributed by atoms with van der Waals surface area (Å²) in [5.41, 5.74) is 5.38. The number of hydrogen-bond donors (Lipinski definition) is 1. The number of primary amides is 1. The number of anilines is 1. The van der Waals surface area contributed by atoms with Crippen LogP contribution in [0.15, 0.2) is 5.16 Å². The van der Waals surface area contributed by atoms with Crippen molar-refractivity contribution in [3.63, 3.8) is 0 Å². The minimum atomic E-state index is -0.251. The van der Waals surface area contributed by atoms with Crippen molar-refractivity contribution in [3.8, 4) is 0 Å². The van der Waals surface area contributed by atoms with Crippen LogP contribution in [0.1, 0.15) is 51.5 Å². The first kappa shape index (κ1) is 19.5. The lowest BCUT2D eigenvalue weighted by atomic mass is 9.96. The molecule has 0 aromatic carbocycles. The van der Waals surface area contributed by atoms with Gasteiger partial charge in [-0.2, -0.15) is 0 Å². The van der Waals surface area contributed by atoms with E-state index in [-0.39, 0.29) is 17.7 Å². The van der Waals surface area contributed by atoms with Gasteiger partial charge in [-0.1, -0.05) is 18.7 Å². The largest absolute Gasteiger partial charge is 0.369 e. The van der Waals surface area contributed by atoms with E-state index < -0.39 is 0 Å². The maximum absolute atomic E-state index is 12.6. The minimum Gasteiger partial charge on any atom is -0.369 e. The van der Waals surface area contributed by atoms with Crippen LogP contribution in [0.2, 0.25) is 0 Å². The molecule has 0 radical (unpaired) electrons. The molecule has 1 aliphatic carbocycles. The molecule has 3 aliphatic rings. The molecule has 2 aliphatic heterocycles. The number of carbonyl (C=O) groups excluding carboxylic acids is 2. The number of hydrogen-bond acceptors (Lipinski definition) is 6. The van der Waals surface area contributed by atoms with Crippen molar-refractivity contribution in [2.45, 2.75) is 56.6 Å². The van der Waals surface area contributed by atoms with E-state index in [9.17, 15) is 9.59 Å². The molecule has 8 nitrogen and oxygen atoms in total. The summed E-state index contributed by atoms with van der Waals surface area (Å²) in [5.74, 6) is 1.88. The molecule has 28 heavy (non-hydrogen) atoms. The monoisotopic (exact) mass is 406 g/mol. The summed E-state index contributed by atoms with van der Waals surface area (Å²) < 4.78 is 2.26. The Balaban J connectivity index is 1.36. The van der Waals surface area contributed by atoms with Gasteiger partial charge in [0.25, 0.3) is 0 Å². The molecule has 1 aromatic rings. The van der Waals surface area contributed by atoms with Gasteiger partial charge < -0.3 is 15.5 Å². The fraction of sp³-hybridized carbons (Fsp3) is 0.789. The van der Waals surface area contributed by atoms with Gasteiger partial charge in [0, 0.05) is 38.1 Å². The highest BCUT2D eigenvalue weighted by Crippen LogP contribution is 2.41. The Labute approximate surface area is 170 Å². The first-order chi connectivity index (χ1) is 13.5. The van der Waals surface area contributed by atoms with E-state index in [2.05, 4.69) is 26.6 Å². The second-order valence-electron chi connectivity index (χ2n) is 8.40. The summed E-state index contributed by atoms with van der Waals surface area (Å²) >= 11 is 1.49. The van der Waals surface area contributed by atoms with Crippen LogP contribution < -0.4 is 10.6 Å². The van der Waals surface area contributed by atoms with Gasteiger partial charge in [0.2, 0.25) is 17.8 Å². The first-order valence-corrected chi connectivity index (χ1v) is 11.4. The standard InChI is InChI=1S/C19H30N6O2S/c1-13-4-8-24(9-5-13)18-21-22-19(25(18)15-2-3-15)28-12-16(26)23-10-6-14(7-11-23)17(20)27/h13-15H,2-12H2,1H3,(H2,20,27). The van der Waals surface area contributed by atoms with Crippen LogP contribution in [0.3, 0.4) is 0 Å². The van der Waals surface area contributed by atoms with Crippen molar-refractivity contribution in [1.82, 2.24) is 19.7 Å². The molecule has 0 unspecified atom stereocenters. The smallest absolute Gasteiger partial charge is 0.233 e. The van der Waals surface area contributed by atoms with E-state index >= 15 is 0 Å². The van der Waals surface area contributed by atoms with Crippen molar-refractivity contribution in [1.29, 1.82) is 0 Å². The van der Waals surface area contributed by atoms with E-state index in [0.29, 0.717) is 37.7 Å². The molecule has 9 heteroatoms. The number of likely N-dealkylation sites (tertiary alicyclic amines) is 1. The number of thioether (sulfide) groups is 1. The average molecular weight is 407 g/mol. The lowest BCUT2D eigenvalue weighted by Gasteiger charge is -2.31. The summed E-state index contributed by atoms with van der Waals surface area (Å²) in [6.07, 6.45) is 6.05. The molecule has 0 atom stereocenters. The number of amides is 2. The summed E-state index contributed by atoms with van der Waals surface area (Å²) in [6.45, 7) is 5.59. The normalized spacial score (nSPS) is 21.9.